The molecule has 0 aliphatic heterocycles. The van der Waals surface area contributed by atoms with Crippen molar-refractivity contribution in [2.45, 2.75) is 59.5 Å². The van der Waals surface area contributed by atoms with Crippen LogP contribution in [0.15, 0.2) is 9.59 Å². The molecule has 6 nitrogen and oxygen atoms in total. The molecule has 0 saturated carbocycles. The van der Waals surface area contributed by atoms with Crippen LogP contribution in [0.25, 0.3) is 0 Å². The lowest BCUT2D eigenvalue weighted by atomic mass is 10.0. The highest BCUT2D eigenvalue weighted by Gasteiger charge is 2.19. The molecule has 21 heavy (non-hydrogen) atoms. The number of unbranched alkanes of at least 4 members (excludes halogenated alkanes) is 1. The summed E-state index contributed by atoms with van der Waals surface area (Å²) in [7, 11) is 1.49. The molecule has 1 aromatic heterocycles. The highest BCUT2D eigenvalue weighted by atomic mass is 16.2. The standard InChI is InChI=1S/C15H28N4O2/c1-6-8-9-19-13(16)12(14(20)18(5)15(19)21)17-11(7-2)10(3)4/h10-11,17H,6-9,16H2,1-5H3. The van der Waals surface area contributed by atoms with Crippen molar-refractivity contribution >= 4 is 11.5 Å². The normalized spacial score (nSPS) is 12.7. The fraction of sp³-hybridized carbons (Fsp3) is 0.733. The zero-order valence-electron chi connectivity index (χ0n) is 13.8. The average Bonchev–Trinajstić information content (AvgIpc) is 2.45. The van der Waals surface area contributed by atoms with Gasteiger partial charge in [0.25, 0.3) is 5.56 Å². The molecule has 0 amide bonds. The Morgan fingerprint density at radius 1 is 1.24 bits per heavy atom. The van der Waals surface area contributed by atoms with Crippen LogP contribution in [0.3, 0.4) is 0 Å². The first kappa shape index (κ1) is 17.3. The summed E-state index contributed by atoms with van der Waals surface area (Å²) >= 11 is 0. The van der Waals surface area contributed by atoms with Crippen molar-refractivity contribution in [3.05, 3.63) is 20.8 Å². The van der Waals surface area contributed by atoms with Crippen LogP contribution in [0.5, 0.6) is 0 Å². The van der Waals surface area contributed by atoms with Gasteiger partial charge in [-0.15, -0.1) is 0 Å². The number of nitrogens with one attached hydrogen (secondary N) is 1. The minimum Gasteiger partial charge on any atom is -0.383 e. The first-order valence-electron chi connectivity index (χ1n) is 7.70. The third-order valence-electron chi connectivity index (χ3n) is 3.89. The molecule has 1 heterocycles. The molecule has 0 radical (unpaired) electrons. The van der Waals surface area contributed by atoms with Gasteiger partial charge in [-0.1, -0.05) is 34.1 Å². The number of aromatic nitrogens is 2. The van der Waals surface area contributed by atoms with Crippen LogP contribution in [0.2, 0.25) is 0 Å². The summed E-state index contributed by atoms with van der Waals surface area (Å²) < 4.78 is 2.61. The second-order valence-electron chi connectivity index (χ2n) is 5.82. The second-order valence-corrected chi connectivity index (χ2v) is 5.82. The third-order valence-corrected chi connectivity index (χ3v) is 3.89. The molecule has 1 rings (SSSR count). The van der Waals surface area contributed by atoms with Gasteiger partial charge >= 0.3 is 5.69 Å². The van der Waals surface area contributed by atoms with Crippen molar-refractivity contribution in [3.8, 4) is 0 Å². The Morgan fingerprint density at radius 2 is 1.86 bits per heavy atom. The quantitative estimate of drug-likeness (QED) is 0.803. The van der Waals surface area contributed by atoms with Crippen LogP contribution in [0.4, 0.5) is 11.5 Å². The summed E-state index contributed by atoms with van der Waals surface area (Å²) in [5.74, 6) is 0.616. The van der Waals surface area contributed by atoms with Gasteiger partial charge in [0.2, 0.25) is 0 Å². The Kier molecular flexibility index (Phi) is 6.05. The van der Waals surface area contributed by atoms with E-state index in [9.17, 15) is 9.59 Å². The van der Waals surface area contributed by atoms with E-state index in [0.29, 0.717) is 18.2 Å². The van der Waals surface area contributed by atoms with Gasteiger partial charge in [0.15, 0.2) is 0 Å². The smallest absolute Gasteiger partial charge is 0.332 e. The largest absolute Gasteiger partial charge is 0.383 e. The molecule has 0 fully saturated rings. The van der Waals surface area contributed by atoms with E-state index in [2.05, 4.69) is 26.1 Å². The summed E-state index contributed by atoms with van der Waals surface area (Å²) in [6.07, 6.45) is 2.69. The van der Waals surface area contributed by atoms with E-state index in [1.807, 2.05) is 6.92 Å². The zero-order chi connectivity index (χ0) is 16.2. The van der Waals surface area contributed by atoms with Gasteiger partial charge in [-0.3, -0.25) is 13.9 Å². The molecule has 3 N–H and O–H groups in total. The monoisotopic (exact) mass is 296 g/mol. The Bertz CT molecular complexity index is 587. The highest BCUT2D eigenvalue weighted by Crippen LogP contribution is 2.17. The van der Waals surface area contributed by atoms with Crippen LogP contribution in [-0.4, -0.2) is 15.2 Å². The van der Waals surface area contributed by atoms with Gasteiger partial charge in [0.05, 0.1) is 0 Å². The van der Waals surface area contributed by atoms with E-state index in [1.165, 1.54) is 11.6 Å². The number of hydrogen-bond donors (Lipinski definition) is 2. The van der Waals surface area contributed by atoms with Gasteiger partial charge < -0.3 is 11.1 Å². The molecular formula is C15H28N4O2. The van der Waals surface area contributed by atoms with E-state index < -0.39 is 0 Å². The van der Waals surface area contributed by atoms with E-state index in [-0.39, 0.29) is 23.1 Å². The number of nitrogens with two attached hydrogens (primary N) is 1. The minimum absolute atomic E-state index is 0.150. The number of hydrogen-bond acceptors (Lipinski definition) is 4. The second kappa shape index (κ2) is 7.33. The fourth-order valence-corrected chi connectivity index (χ4v) is 2.38. The van der Waals surface area contributed by atoms with Crippen molar-refractivity contribution in [2.24, 2.45) is 13.0 Å². The van der Waals surface area contributed by atoms with Gasteiger partial charge in [0, 0.05) is 19.6 Å². The predicted molar refractivity (Wildman–Crippen MR) is 87.8 cm³/mol. The van der Waals surface area contributed by atoms with E-state index in [4.69, 9.17) is 5.73 Å². The number of nitrogen functional groups attached to an aromatic ring is 1. The lowest BCUT2D eigenvalue weighted by Gasteiger charge is -2.24. The maximum atomic E-state index is 12.3. The lowest BCUT2D eigenvalue weighted by Crippen LogP contribution is -2.42. The molecule has 0 saturated heterocycles. The number of nitrogens with zero attached hydrogens (tertiary/aromatic N) is 2. The van der Waals surface area contributed by atoms with Crippen LogP contribution >= 0.6 is 0 Å². The first-order chi connectivity index (χ1) is 9.84. The summed E-state index contributed by atoms with van der Waals surface area (Å²) in [6.45, 7) is 8.83. The molecular weight excluding hydrogens is 268 g/mol. The zero-order valence-corrected chi connectivity index (χ0v) is 13.8. The maximum absolute atomic E-state index is 12.3. The average molecular weight is 296 g/mol. The predicted octanol–water partition coefficient (Wildman–Crippen LogP) is 1.78. The highest BCUT2D eigenvalue weighted by molar-refractivity contribution is 5.61. The molecule has 1 unspecified atom stereocenters. The molecule has 0 spiro atoms. The van der Waals surface area contributed by atoms with Gasteiger partial charge in [-0.05, 0) is 18.8 Å². The summed E-state index contributed by atoms with van der Waals surface area (Å²) in [5, 5.41) is 3.23. The lowest BCUT2D eigenvalue weighted by molar-refractivity contribution is 0.507. The first-order valence-corrected chi connectivity index (χ1v) is 7.70. The van der Waals surface area contributed by atoms with Gasteiger partial charge in [0.1, 0.15) is 11.5 Å². The Hall–Kier alpha value is -1.72. The third kappa shape index (κ3) is 3.68. The molecule has 1 atom stereocenters. The molecule has 0 aliphatic carbocycles. The van der Waals surface area contributed by atoms with Gasteiger partial charge in [-0.2, -0.15) is 0 Å². The van der Waals surface area contributed by atoms with Crippen molar-refractivity contribution in [3.63, 3.8) is 0 Å². The van der Waals surface area contributed by atoms with Crippen molar-refractivity contribution in [2.75, 3.05) is 11.1 Å². The van der Waals surface area contributed by atoms with Gasteiger partial charge in [-0.25, -0.2) is 4.79 Å². The summed E-state index contributed by atoms with van der Waals surface area (Å²) in [4.78, 5) is 24.5. The van der Waals surface area contributed by atoms with E-state index >= 15 is 0 Å². The Balaban J connectivity index is 3.35. The fourth-order valence-electron chi connectivity index (χ4n) is 2.38. The summed E-state index contributed by atoms with van der Waals surface area (Å²) in [5.41, 5.74) is 5.72. The van der Waals surface area contributed by atoms with Crippen molar-refractivity contribution < 1.29 is 0 Å². The SMILES string of the molecule is CCCCn1c(N)c(NC(CC)C(C)C)c(=O)n(C)c1=O. The topological polar surface area (TPSA) is 82.0 Å². The molecule has 0 aliphatic rings. The molecule has 0 aromatic carbocycles. The van der Waals surface area contributed by atoms with Crippen molar-refractivity contribution in [1.29, 1.82) is 0 Å². The Labute approximate surface area is 126 Å². The van der Waals surface area contributed by atoms with Crippen LogP contribution in [-0.2, 0) is 13.6 Å². The molecule has 6 heteroatoms. The van der Waals surface area contributed by atoms with E-state index in [0.717, 1.165) is 23.8 Å². The van der Waals surface area contributed by atoms with Crippen LogP contribution in [0, 0.1) is 5.92 Å². The molecule has 0 bridgehead atoms. The van der Waals surface area contributed by atoms with Crippen LogP contribution in [0.1, 0.15) is 47.0 Å². The number of anilines is 2. The molecule has 120 valence electrons. The minimum atomic E-state index is -0.357. The van der Waals surface area contributed by atoms with Crippen molar-refractivity contribution in [1.82, 2.24) is 9.13 Å². The Morgan fingerprint density at radius 3 is 2.33 bits per heavy atom. The van der Waals surface area contributed by atoms with E-state index in [1.54, 1.807) is 0 Å². The molecule has 1 aromatic rings. The maximum Gasteiger partial charge on any atom is 0.332 e. The van der Waals surface area contributed by atoms with Crippen LogP contribution < -0.4 is 22.3 Å². The number of rotatable bonds is 7. The summed E-state index contributed by atoms with van der Waals surface area (Å²) in [6, 6.07) is 0.150.